The third kappa shape index (κ3) is 4.84. The van der Waals surface area contributed by atoms with Crippen molar-refractivity contribution in [3.05, 3.63) is 71.9 Å². The van der Waals surface area contributed by atoms with E-state index in [-0.39, 0.29) is 6.04 Å². The van der Waals surface area contributed by atoms with E-state index in [2.05, 4.69) is 22.4 Å². The number of amides is 1. The van der Waals surface area contributed by atoms with Crippen molar-refractivity contribution in [3.63, 3.8) is 0 Å². The Hall–Kier alpha value is -3.56. The average molecular weight is 435 g/mol. The van der Waals surface area contributed by atoms with Gasteiger partial charge in [0.1, 0.15) is 11.7 Å². The quantitative estimate of drug-likeness (QED) is 0.367. The molecule has 0 saturated carbocycles. The fourth-order valence-corrected chi connectivity index (χ4v) is 4.18. The zero-order valence-corrected chi connectivity index (χ0v) is 17.5. The van der Waals surface area contributed by atoms with E-state index in [4.69, 9.17) is 5.21 Å². The summed E-state index contributed by atoms with van der Waals surface area (Å²) in [6, 6.07) is 16.2. The molecule has 166 valence electrons. The number of carbonyl (C=O) groups excluding carboxylic acids is 1. The molecule has 4 rings (SSSR count). The summed E-state index contributed by atoms with van der Waals surface area (Å²) in [6.07, 6.45) is 4.01. The highest BCUT2D eigenvalue weighted by molar-refractivity contribution is 5.94. The number of carboxylic acid groups (broad SMARTS) is 1. The van der Waals surface area contributed by atoms with Crippen LogP contribution in [0.5, 0.6) is 0 Å². The molecule has 2 aromatic carbocycles. The standard InChI is InChI=1S/C23H25N5O4/c29-22(25-32)18-10-4-9-17(12-18)20-15-28(26-24-20)19-13-21(23(30)31)27(14-19)11-5-8-16-6-2-1-3-7-16/h1-4,6-7,9-10,12,15,19,21,32H,5,8,11,13-14H2,(H,25,29)(H,30,31)/t19-,21-/m1/s1. The van der Waals surface area contributed by atoms with Crippen LogP contribution in [-0.2, 0) is 11.2 Å². The van der Waals surface area contributed by atoms with Gasteiger partial charge in [0.2, 0.25) is 0 Å². The zero-order chi connectivity index (χ0) is 22.5. The molecule has 0 bridgehead atoms. The molecule has 0 radical (unpaired) electrons. The Morgan fingerprint density at radius 1 is 1.12 bits per heavy atom. The van der Waals surface area contributed by atoms with Crippen molar-refractivity contribution >= 4 is 11.9 Å². The first-order valence-electron chi connectivity index (χ1n) is 10.5. The number of aliphatic carboxylic acids is 1. The Bertz CT molecular complexity index is 1080. The molecular formula is C23H25N5O4. The molecule has 9 nitrogen and oxygen atoms in total. The summed E-state index contributed by atoms with van der Waals surface area (Å²) in [5, 5.41) is 27.0. The fourth-order valence-electron chi connectivity index (χ4n) is 4.18. The summed E-state index contributed by atoms with van der Waals surface area (Å²) in [6.45, 7) is 1.28. The topological polar surface area (TPSA) is 121 Å². The molecule has 32 heavy (non-hydrogen) atoms. The lowest BCUT2D eigenvalue weighted by molar-refractivity contribution is -0.142. The molecule has 2 atom stereocenters. The van der Waals surface area contributed by atoms with Crippen LogP contribution in [0.25, 0.3) is 11.3 Å². The van der Waals surface area contributed by atoms with Gasteiger partial charge in [0.15, 0.2) is 0 Å². The summed E-state index contributed by atoms with van der Waals surface area (Å²) in [4.78, 5) is 25.5. The average Bonchev–Trinajstić information content (AvgIpc) is 3.47. The van der Waals surface area contributed by atoms with Crippen LogP contribution < -0.4 is 5.48 Å². The van der Waals surface area contributed by atoms with Crippen LogP contribution in [-0.4, -0.2) is 61.2 Å². The largest absolute Gasteiger partial charge is 0.480 e. The number of carbonyl (C=O) groups is 2. The summed E-state index contributed by atoms with van der Waals surface area (Å²) in [7, 11) is 0. The number of aryl methyl sites for hydroxylation is 1. The first-order valence-corrected chi connectivity index (χ1v) is 10.5. The van der Waals surface area contributed by atoms with Crippen molar-refractivity contribution in [2.45, 2.75) is 31.3 Å². The number of nitrogens with zero attached hydrogens (tertiary/aromatic N) is 4. The smallest absolute Gasteiger partial charge is 0.321 e. The van der Waals surface area contributed by atoms with Gasteiger partial charge in [0, 0.05) is 17.7 Å². The van der Waals surface area contributed by atoms with Gasteiger partial charge in [0.25, 0.3) is 5.91 Å². The van der Waals surface area contributed by atoms with E-state index in [9.17, 15) is 14.7 Å². The van der Waals surface area contributed by atoms with Gasteiger partial charge in [-0.25, -0.2) is 10.2 Å². The maximum atomic E-state index is 11.8. The second kappa shape index (κ2) is 9.71. The van der Waals surface area contributed by atoms with Crippen LogP contribution >= 0.6 is 0 Å². The summed E-state index contributed by atoms with van der Waals surface area (Å²) >= 11 is 0. The van der Waals surface area contributed by atoms with Crippen LogP contribution in [0.2, 0.25) is 0 Å². The van der Waals surface area contributed by atoms with Crippen molar-refractivity contribution in [3.8, 4) is 11.3 Å². The molecule has 0 unspecified atom stereocenters. The lowest BCUT2D eigenvalue weighted by atomic mass is 10.1. The van der Waals surface area contributed by atoms with Crippen LogP contribution in [0.15, 0.2) is 60.8 Å². The molecule has 1 aliphatic heterocycles. The summed E-state index contributed by atoms with van der Waals surface area (Å²) in [5.74, 6) is -1.43. The summed E-state index contributed by atoms with van der Waals surface area (Å²) < 4.78 is 1.71. The molecule has 0 aliphatic carbocycles. The highest BCUT2D eigenvalue weighted by Gasteiger charge is 2.37. The van der Waals surface area contributed by atoms with Crippen molar-refractivity contribution in [2.75, 3.05) is 13.1 Å². The molecule has 2 heterocycles. The van der Waals surface area contributed by atoms with Gasteiger partial charge in [-0.15, -0.1) is 5.10 Å². The minimum Gasteiger partial charge on any atom is -0.480 e. The van der Waals surface area contributed by atoms with Gasteiger partial charge in [-0.3, -0.25) is 19.7 Å². The van der Waals surface area contributed by atoms with Crippen LogP contribution in [0.4, 0.5) is 0 Å². The third-order valence-corrected chi connectivity index (χ3v) is 5.83. The van der Waals surface area contributed by atoms with Crippen molar-refractivity contribution in [1.82, 2.24) is 25.4 Å². The van der Waals surface area contributed by atoms with Crippen molar-refractivity contribution in [2.24, 2.45) is 0 Å². The number of likely N-dealkylation sites (tertiary alicyclic amines) is 1. The van der Waals surface area contributed by atoms with Crippen LogP contribution in [0.3, 0.4) is 0 Å². The Morgan fingerprint density at radius 3 is 2.69 bits per heavy atom. The second-order valence-electron chi connectivity index (χ2n) is 7.93. The molecule has 1 aliphatic rings. The number of hydroxylamine groups is 1. The SMILES string of the molecule is O=C(NO)c1cccc(-c2cn([C@@H]3C[C@H](C(=O)O)N(CCCc4ccccc4)C3)nn2)c1. The molecule has 1 saturated heterocycles. The van der Waals surface area contributed by atoms with Gasteiger partial charge in [-0.1, -0.05) is 47.7 Å². The molecule has 1 amide bonds. The Kier molecular flexibility index (Phi) is 6.58. The van der Waals surface area contributed by atoms with E-state index >= 15 is 0 Å². The Labute approximate surface area is 185 Å². The lowest BCUT2D eigenvalue weighted by Crippen LogP contribution is -2.36. The molecule has 9 heteroatoms. The highest BCUT2D eigenvalue weighted by atomic mass is 16.5. The van der Waals surface area contributed by atoms with Gasteiger partial charge in [-0.05, 0) is 43.5 Å². The van der Waals surface area contributed by atoms with Gasteiger partial charge in [0.05, 0.1) is 12.2 Å². The van der Waals surface area contributed by atoms with E-state index in [1.165, 1.54) is 5.56 Å². The number of rotatable bonds is 8. The first kappa shape index (κ1) is 21.7. The minimum absolute atomic E-state index is 0.0991. The Balaban J connectivity index is 1.43. The third-order valence-electron chi connectivity index (χ3n) is 5.83. The number of nitrogens with one attached hydrogen (secondary N) is 1. The molecule has 3 aromatic rings. The molecule has 0 spiro atoms. The molecular weight excluding hydrogens is 410 g/mol. The number of hydrogen-bond donors (Lipinski definition) is 3. The number of hydrogen-bond acceptors (Lipinski definition) is 6. The predicted octanol–water partition coefficient (Wildman–Crippen LogP) is 2.40. The maximum absolute atomic E-state index is 11.8. The van der Waals surface area contributed by atoms with E-state index in [0.29, 0.717) is 36.3 Å². The van der Waals surface area contributed by atoms with E-state index in [1.54, 1.807) is 40.6 Å². The summed E-state index contributed by atoms with van der Waals surface area (Å²) in [5.41, 5.74) is 4.42. The normalized spacial score (nSPS) is 18.5. The minimum atomic E-state index is -0.824. The van der Waals surface area contributed by atoms with Gasteiger partial charge < -0.3 is 5.11 Å². The molecule has 1 fully saturated rings. The second-order valence-corrected chi connectivity index (χ2v) is 7.93. The fraction of sp³-hybridized carbons (Fsp3) is 0.304. The monoisotopic (exact) mass is 435 g/mol. The number of benzene rings is 2. The van der Waals surface area contributed by atoms with E-state index in [1.807, 2.05) is 23.1 Å². The van der Waals surface area contributed by atoms with E-state index in [0.717, 1.165) is 12.8 Å². The lowest BCUT2D eigenvalue weighted by Gasteiger charge is -2.20. The van der Waals surface area contributed by atoms with Gasteiger partial charge in [-0.2, -0.15) is 0 Å². The van der Waals surface area contributed by atoms with Crippen molar-refractivity contribution in [1.29, 1.82) is 0 Å². The van der Waals surface area contributed by atoms with Crippen molar-refractivity contribution < 1.29 is 19.9 Å². The Morgan fingerprint density at radius 2 is 1.94 bits per heavy atom. The molecule has 1 aromatic heterocycles. The zero-order valence-electron chi connectivity index (χ0n) is 17.5. The first-order chi connectivity index (χ1) is 15.5. The number of carboxylic acids is 1. The van der Waals surface area contributed by atoms with E-state index < -0.39 is 17.9 Å². The van der Waals surface area contributed by atoms with Gasteiger partial charge >= 0.3 is 5.97 Å². The maximum Gasteiger partial charge on any atom is 0.321 e. The molecule has 3 N–H and O–H groups in total. The van der Waals surface area contributed by atoms with Crippen LogP contribution in [0.1, 0.15) is 34.8 Å². The number of aromatic nitrogens is 3. The van der Waals surface area contributed by atoms with Crippen LogP contribution in [0, 0.1) is 0 Å². The highest BCUT2D eigenvalue weighted by Crippen LogP contribution is 2.29. The predicted molar refractivity (Wildman–Crippen MR) is 116 cm³/mol.